The maximum absolute atomic E-state index is 11.6. The van der Waals surface area contributed by atoms with E-state index in [9.17, 15) is 9.59 Å². The van der Waals surface area contributed by atoms with E-state index in [1.807, 2.05) is 32.0 Å². The van der Waals surface area contributed by atoms with Gasteiger partial charge in [0, 0.05) is 5.69 Å². The molecule has 1 aromatic rings. The molecule has 0 aromatic heterocycles. The summed E-state index contributed by atoms with van der Waals surface area (Å²) in [5.41, 5.74) is 2.93. The molecule has 0 fully saturated rings. The summed E-state index contributed by atoms with van der Waals surface area (Å²) in [6, 6.07) is 5.71. The van der Waals surface area contributed by atoms with E-state index in [0.29, 0.717) is 0 Å². The quantitative estimate of drug-likeness (QED) is 0.798. The van der Waals surface area contributed by atoms with Gasteiger partial charge in [0.2, 0.25) is 11.8 Å². The SMILES string of the molecule is C/C=C\C(=O)NCC(=O)Nc1cccc(C)c1C. The first kappa shape index (κ1) is 14.0. The van der Waals surface area contributed by atoms with Gasteiger partial charge in [-0.25, -0.2) is 0 Å². The van der Waals surface area contributed by atoms with Crippen molar-refractivity contribution in [2.45, 2.75) is 20.8 Å². The number of hydrogen-bond donors (Lipinski definition) is 2. The fourth-order valence-electron chi connectivity index (χ4n) is 1.46. The van der Waals surface area contributed by atoms with Crippen molar-refractivity contribution < 1.29 is 9.59 Å². The first-order valence-electron chi connectivity index (χ1n) is 5.81. The summed E-state index contributed by atoms with van der Waals surface area (Å²) in [6.07, 6.45) is 3.00. The van der Waals surface area contributed by atoms with E-state index in [4.69, 9.17) is 0 Å². The van der Waals surface area contributed by atoms with Crippen molar-refractivity contribution in [2.75, 3.05) is 11.9 Å². The Morgan fingerprint density at radius 2 is 2.00 bits per heavy atom. The van der Waals surface area contributed by atoms with Crippen LogP contribution in [0.25, 0.3) is 0 Å². The number of allylic oxidation sites excluding steroid dienone is 1. The van der Waals surface area contributed by atoms with Crippen molar-refractivity contribution >= 4 is 17.5 Å². The average Bonchev–Trinajstić information content (AvgIpc) is 2.33. The van der Waals surface area contributed by atoms with Gasteiger partial charge in [-0.2, -0.15) is 0 Å². The summed E-state index contributed by atoms with van der Waals surface area (Å²) in [5, 5.41) is 5.27. The van der Waals surface area contributed by atoms with Gasteiger partial charge in [-0.1, -0.05) is 18.2 Å². The summed E-state index contributed by atoms with van der Waals surface area (Å²) < 4.78 is 0. The Hall–Kier alpha value is -2.10. The third-order valence-electron chi connectivity index (χ3n) is 2.62. The molecule has 2 amide bonds. The molecule has 0 atom stereocenters. The number of rotatable bonds is 4. The van der Waals surface area contributed by atoms with Crippen LogP contribution in [0, 0.1) is 13.8 Å². The number of carbonyl (C=O) groups is 2. The zero-order chi connectivity index (χ0) is 13.5. The van der Waals surface area contributed by atoms with E-state index in [1.165, 1.54) is 6.08 Å². The highest BCUT2D eigenvalue weighted by Gasteiger charge is 2.06. The third-order valence-corrected chi connectivity index (χ3v) is 2.62. The van der Waals surface area contributed by atoms with Gasteiger partial charge >= 0.3 is 0 Å². The van der Waals surface area contributed by atoms with Crippen LogP contribution in [-0.2, 0) is 9.59 Å². The van der Waals surface area contributed by atoms with E-state index in [2.05, 4.69) is 10.6 Å². The second-order valence-electron chi connectivity index (χ2n) is 4.01. The molecule has 0 unspecified atom stereocenters. The molecule has 0 radical (unpaired) electrons. The molecule has 2 N–H and O–H groups in total. The lowest BCUT2D eigenvalue weighted by Gasteiger charge is -2.10. The number of amides is 2. The molecule has 0 bridgehead atoms. The second-order valence-corrected chi connectivity index (χ2v) is 4.01. The molecule has 96 valence electrons. The van der Waals surface area contributed by atoms with Crippen LogP contribution >= 0.6 is 0 Å². The number of aryl methyl sites for hydroxylation is 1. The molecule has 0 saturated carbocycles. The fraction of sp³-hybridized carbons (Fsp3) is 0.286. The van der Waals surface area contributed by atoms with Crippen LogP contribution in [0.1, 0.15) is 18.1 Å². The lowest BCUT2D eigenvalue weighted by Crippen LogP contribution is -2.31. The minimum atomic E-state index is -0.270. The van der Waals surface area contributed by atoms with Crippen molar-refractivity contribution in [1.82, 2.24) is 5.32 Å². The molecule has 0 aliphatic heterocycles. The molecule has 4 heteroatoms. The maximum atomic E-state index is 11.6. The van der Waals surface area contributed by atoms with Crippen LogP contribution in [0.15, 0.2) is 30.4 Å². The van der Waals surface area contributed by atoms with Gasteiger partial charge < -0.3 is 10.6 Å². The van der Waals surface area contributed by atoms with E-state index < -0.39 is 0 Å². The molecule has 0 heterocycles. The molecule has 1 aromatic carbocycles. The molecule has 0 saturated heterocycles. The molecule has 0 aliphatic carbocycles. The average molecular weight is 246 g/mol. The van der Waals surface area contributed by atoms with Crippen LogP contribution in [0.5, 0.6) is 0 Å². The maximum Gasteiger partial charge on any atom is 0.244 e. The summed E-state index contributed by atoms with van der Waals surface area (Å²) >= 11 is 0. The number of hydrogen-bond acceptors (Lipinski definition) is 2. The first-order valence-corrected chi connectivity index (χ1v) is 5.81. The highest BCUT2D eigenvalue weighted by Crippen LogP contribution is 2.17. The molecule has 1 rings (SSSR count). The number of benzene rings is 1. The van der Waals surface area contributed by atoms with Gasteiger partial charge in [-0.15, -0.1) is 0 Å². The minimum absolute atomic E-state index is 0.0312. The van der Waals surface area contributed by atoms with E-state index >= 15 is 0 Å². The summed E-state index contributed by atoms with van der Waals surface area (Å²) in [5.74, 6) is -0.504. The van der Waals surface area contributed by atoms with Crippen LogP contribution < -0.4 is 10.6 Å². The Kier molecular flexibility index (Phi) is 5.11. The van der Waals surface area contributed by atoms with Gasteiger partial charge in [0.25, 0.3) is 0 Å². The predicted molar refractivity (Wildman–Crippen MR) is 72.4 cm³/mol. The van der Waals surface area contributed by atoms with Crippen LogP contribution in [0.2, 0.25) is 0 Å². The van der Waals surface area contributed by atoms with Gasteiger partial charge in [0.05, 0.1) is 6.54 Å². The van der Waals surface area contributed by atoms with E-state index in [1.54, 1.807) is 13.0 Å². The summed E-state index contributed by atoms with van der Waals surface area (Å²) in [4.78, 5) is 22.8. The van der Waals surface area contributed by atoms with Crippen molar-refractivity contribution in [3.63, 3.8) is 0 Å². The highest BCUT2D eigenvalue weighted by atomic mass is 16.2. The Morgan fingerprint density at radius 3 is 2.67 bits per heavy atom. The molecule has 0 aliphatic rings. The summed E-state index contributed by atoms with van der Waals surface area (Å²) in [6.45, 7) is 5.65. The van der Waals surface area contributed by atoms with Crippen molar-refractivity contribution in [2.24, 2.45) is 0 Å². The molecule has 4 nitrogen and oxygen atoms in total. The molecular formula is C14H18N2O2. The first-order chi connectivity index (χ1) is 8.54. The summed E-state index contributed by atoms with van der Waals surface area (Å²) in [7, 11) is 0. The standard InChI is InChI=1S/C14H18N2O2/c1-4-6-13(17)15-9-14(18)16-12-8-5-7-10(2)11(12)3/h4-8H,9H2,1-3H3,(H,15,17)(H,16,18)/b6-4-. The van der Waals surface area contributed by atoms with Gasteiger partial charge in [0.1, 0.15) is 0 Å². The lowest BCUT2D eigenvalue weighted by atomic mass is 10.1. The van der Waals surface area contributed by atoms with Crippen LogP contribution in [0.3, 0.4) is 0 Å². The monoisotopic (exact) mass is 246 g/mol. The molecular weight excluding hydrogens is 228 g/mol. The minimum Gasteiger partial charge on any atom is -0.343 e. The second kappa shape index (κ2) is 6.59. The Bertz CT molecular complexity index is 479. The Labute approximate surface area is 107 Å². The number of carbonyl (C=O) groups excluding carboxylic acids is 2. The molecule has 18 heavy (non-hydrogen) atoms. The zero-order valence-electron chi connectivity index (χ0n) is 10.9. The normalized spacial score (nSPS) is 10.4. The Balaban J connectivity index is 2.55. The highest BCUT2D eigenvalue weighted by molar-refractivity contribution is 5.97. The predicted octanol–water partition coefficient (Wildman–Crippen LogP) is 1.93. The zero-order valence-corrected chi connectivity index (χ0v) is 10.9. The van der Waals surface area contributed by atoms with Gasteiger partial charge in [-0.3, -0.25) is 9.59 Å². The van der Waals surface area contributed by atoms with Crippen molar-refractivity contribution in [1.29, 1.82) is 0 Å². The Morgan fingerprint density at radius 1 is 1.28 bits per heavy atom. The number of nitrogens with one attached hydrogen (secondary N) is 2. The largest absolute Gasteiger partial charge is 0.343 e. The lowest BCUT2D eigenvalue weighted by molar-refractivity contribution is -0.121. The van der Waals surface area contributed by atoms with E-state index in [-0.39, 0.29) is 18.4 Å². The third kappa shape index (κ3) is 4.05. The van der Waals surface area contributed by atoms with Gasteiger partial charge in [0.15, 0.2) is 0 Å². The fourth-order valence-corrected chi connectivity index (χ4v) is 1.46. The van der Waals surface area contributed by atoms with Crippen molar-refractivity contribution in [3.8, 4) is 0 Å². The topological polar surface area (TPSA) is 58.2 Å². The number of anilines is 1. The van der Waals surface area contributed by atoms with Crippen LogP contribution in [0.4, 0.5) is 5.69 Å². The van der Waals surface area contributed by atoms with E-state index in [0.717, 1.165) is 16.8 Å². The molecule has 0 spiro atoms. The van der Waals surface area contributed by atoms with Crippen molar-refractivity contribution in [3.05, 3.63) is 41.5 Å². The van der Waals surface area contributed by atoms with Gasteiger partial charge in [-0.05, 0) is 44.0 Å². The smallest absolute Gasteiger partial charge is 0.244 e. The van der Waals surface area contributed by atoms with Crippen LogP contribution in [-0.4, -0.2) is 18.4 Å².